The molecule has 1 aromatic carbocycles. The lowest BCUT2D eigenvalue weighted by atomic mass is 9.82. The minimum absolute atomic E-state index is 0.0145. The molecule has 0 unspecified atom stereocenters. The van der Waals surface area contributed by atoms with E-state index in [9.17, 15) is 0 Å². The minimum atomic E-state index is -0.0145. The van der Waals surface area contributed by atoms with Crippen LogP contribution in [0, 0.1) is 0 Å². The Labute approximate surface area is 133 Å². The summed E-state index contributed by atoms with van der Waals surface area (Å²) in [7, 11) is 0. The minimum Gasteiger partial charge on any atom is -0.237 e. The molecule has 0 bridgehead atoms. The monoisotopic (exact) mass is 292 g/mol. The molecule has 0 radical (unpaired) electrons. The lowest BCUT2D eigenvalue weighted by Gasteiger charge is -2.20. The second-order valence-corrected chi connectivity index (χ2v) is 6.72. The number of aliphatic imine (C=N–C) groups is 1. The summed E-state index contributed by atoms with van der Waals surface area (Å²) >= 11 is 0. The van der Waals surface area contributed by atoms with Gasteiger partial charge in [0.2, 0.25) is 0 Å². The second kappa shape index (κ2) is 5.68. The summed E-state index contributed by atoms with van der Waals surface area (Å²) < 4.78 is 0. The normalized spacial score (nSPS) is 15.5. The smallest absolute Gasteiger partial charge is 0.155 e. The van der Waals surface area contributed by atoms with Gasteiger partial charge >= 0.3 is 0 Å². The molecule has 3 rings (SSSR count). The Bertz CT molecular complexity index is 709. The number of hydrogen-bond donors (Lipinski definition) is 0. The van der Waals surface area contributed by atoms with Gasteiger partial charge in [-0.25, -0.2) is 9.98 Å². The van der Waals surface area contributed by atoms with Crippen LogP contribution >= 0.6 is 0 Å². The zero-order valence-electron chi connectivity index (χ0n) is 14.0. The van der Waals surface area contributed by atoms with Crippen molar-refractivity contribution in [2.45, 2.75) is 52.4 Å². The van der Waals surface area contributed by atoms with Gasteiger partial charge in [0.05, 0.1) is 0 Å². The van der Waals surface area contributed by atoms with E-state index in [2.05, 4.69) is 68.0 Å². The van der Waals surface area contributed by atoms with Gasteiger partial charge in [0.15, 0.2) is 5.82 Å². The molecule has 1 aliphatic rings. The van der Waals surface area contributed by atoms with Gasteiger partial charge in [0.25, 0.3) is 0 Å². The number of fused-ring (bicyclic) bond motifs is 1. The average molecular weight is 292 g/mol. The average Bonchev–Trinajstić information content (AvgIpc) is 2.75. The van der Waals surface area contributed by atoms with Crippen molar-refractivity contribution in [3.05, 3.63) is 47.7 Å². The van der Waals surface area contributed by atoms with Crippen LogP contribution in [-0.4, -0.2) is 10.7 Å². The molecule has 2 aromatic rings. The maximum Gasteiger partial charge on any atom is 0.155 e. The molecule has 0 atom stereocenters. The number of rotatable bonds is 4. The maximum absolute atomic E-state index is 4.59. The summed E-state index contributed by atoms with van der Waals surface area (Å²) in [6.07, 6.45) is 5.60. The molecule has 114 valence electrons. The molecule has 22 heavy (non-hydrogen) atoms. The van der Waals surface area contributed by atoms with E-state index in [0.717, 1.165) is 11.5 Å². The number of aromatic nitrogens is 1. The molecule has 0 amide bonds. The fraction of sp³-hybridized carbons (Fsp3) is 0.400. The van der Waals surface area contributed by atoms with Crippen molar-refractivity contribution in [3.8, 4) is 11.1 Å². The van der Waals surface area contributed by atoms with Crippen LogP contribution in [0.4, 0.5) is 5.82 Å². The molecular weight excluding hydrogens is 268 g/mol. The molecule has 0 aliphatic carbocycles. The molecule has 1 aromatic heterocycles. The summed E-state index contributed by atoms with van der Waals surface area (Å²) in [5, 5.41) is 0. The van der Waals surface area contributed by atoms with Gasteiger partial charge in [-0.2, -0.15) is 0 Å². The highest BCUT2D eigenvalue weighted by Gasteiger charge is 2.33. The second-order valence-electron chi connectivity index (χ2n) is 6.72. The first kappa shape index (κ1) is 15.0. The van der Waals surface area contributed by atoms with Crippen LogP contribution in [-0.2, 0) is 11.8 Å². The van der Waals surface area contributed by atoms with Gasteiger partial charge in [-0.05, 0) is 37.0 Å². The Morgan fingerprint density at radius 1 is 1.05 bits per heavy atom. The van der Waals surface area contributed by atoms with Gasteiger partial charge in [0, 0.05) is 28.5 Å². The third kappa shape index (κ3) is 2.58. The lowest BCUT2D eigenvalue weighted by Crippen LogP contribution is -2.22. The Morgan fingerprint density at radius 3 is 2.45 bits per heavy atom. The highest BCUT2D eigenvalue weighted by molar-refractivity contribution is 5.99. The molecule has 0 fully saturated rings. The Balaban J connectivity index is 1.90. The van der Waals surface area contributed by atoms with Gasteiger partial charge in [-0.3, -0.25) is 0 Å². The van der Waals surface area contributed by atoms with Crippen LogP contribution in [0.1, 0.15) is 51.7 Å². The molecule has 0 spiro atoms. The van der Waals surface area contributed by atoms with Gasteiger partial charge in [-0.1, -0.05) is 51.5 Å². The van der Waals surface area contributed by atoms with Crippen molar-refractivity contribution in [2.75, 3.05) is 0 Å². The molecular formula is C20H24N2. The van der Waals surface area contributed by atoms with Crippen LogP contribution < -0.4 is 0 Å². The van der Waals surface area contributed by atoms with Crippen LogP contribution in [0.5, 0.6) is 0 Å². The van der Waals surface area contributed by atoms with Crippen LogP contribution in [0.2, 0.25) is 0 Å². The van der Waals surface area contributed by atoms with Gasteiger partial charge < -0.3 is 0 Å². The third-order valence-corrected chi connectivity index (χ3v) is 4.82. The fourth-order valence-corrected chi connectivity index (χ4v) is 2.90. The summed E-state index contributed by atoms with van der Waals surface area (Å²) in [6.45, 7) is 8.76. The number of nitrogens with zero attached hydrogens (tertiary/aromatic N) is 2. The van der Waals surface area contributed by atoms with Crippen molar-refractivity contribution < 1.29 is 0 Å². The van der Waals surface area contributed by atoms with E-state index in [-0.39, 0.29) is 5.41 Å². The number of pyridine rings is 1. The predicted octanol–water partition coefficient (Wildman–Crippen LogP) is 5.47. The molecule has 0 N–H and O–H groups in total. The standard InChI is InChI=1S/C20H24N2/c1-5-6-7-15-8-10-16(11-9-15)17-12-18-19(21-13-17)22-14(2)20(18,3)4/h8-13H,5-7H2,1-4H3. The van der Waals surface area contributed by atoms with E-state index in [0.29, 0.717) is 0 Å². The summed E-state index contributed by atoms with van der Waals surface area (Å²) in [5.41, 5.74) is 6.19. The van der Waals surface area contributed by atoms with Crippen molar-refractivity contribution in [2.24, 2.45) is 4.99 Å². The van der Waals surface area contributed by atoms with Crippen molar-refractivity contribution in [3.63, 3.8) is 0 Å². The fourth-order valence-electron chi connectivity index (χ4n) is 2.90. The summed E-state index contributed by atoms with van der Waals surface area (Å²) in [5.74, 6) is 0.880. The molecule has 0 saturated heterocycles. The highest BCUT2D eigenvalue weighted by Crippen LogP contribution is 2.40. The third-order valence-electron chi connectivity index (χ3n) is 4.82. The first-order valence-electron chi connectivity index (χ1n) is 8.18. The zero-order valence-corrected chi connectivity index (χ0v) is 14.0. The molecule has 2 heterocycles. The van der Waals surface area contributed by atoms with Gasteiger partial charge in [0.1, 0.15) is 0 Å². The number of benzene rings is 1. The van der Waals surface area contributed by atoms with E-state index in [1.165, 1.54) is 41.5 Å². The van der Waals surface area contributed by atoms with E-state index < -0.39 is 0 Å². The summed E-state index contributed by atoms with van der Waals surface area (Å²) in [4.78, 5) is 9.16. The van der Waals surface area contributed by atoms with E-state index in [1.54, 1.807) is 0 Å². The Kier molecular flexibility index (Phi) is 3.86. The Morgan fingerprint density at radius 2 is 1.77 bits per heavy atom. The predicted molar refractivity (Wildman–Crippen MR) is 94.1 cm³/mol. The maximum atomic E-state index is 4.59. The van der Waals surface area contributed by atoms with Crippen LogP contribution in [0.25, 0.3) is 11.1 Å². The number of unbranched alkanes of at least 4 members (excludes halogenated alkanes) is 1. The SMILES string of the molecule is CCCCc1ccc(-c2cnc3c(c2)C(C)(C)C(C)=N3)cc1. The molecule has 2 nitrogen and oxygen atoms in total. The van der Waals surface area contributed by atoms with Crippen LogP contribution in [0.15, 0.2) is 41.5 Å². The quantitative estimate of drug-likeness (QED) is 0.733. The topological polar surface area (TPSA) is 25.2 Å². The Hall–Kier alpha value is -1.96. The highest BCUT2D eigenvalue weighted by atomic mass is 14.9. The zero-order chi connectivity index (χ0) is 15.7. The molecule has 2 heteroatoms. The lowest BCUT2D eigenvalue weighted by molar-refractivity contribution is 0.731. The van der Waals surface area contributed by atoms with Crippen molar-refractivity contribution >= 4 is 11.5 Å². The number of hydrogen-bond acceptors (Lipinski definition) is 2. The van der Waals surface area contributed by atoms with Gasteiger partial charge in [-0.15, -0.1) is 0 Å². The summed E-state index contributed by atoms with van der Waals surface area (Å²) in [6, 6.07) is 11.2. The molecule has 0 saturated carbocycles. The van der Waals surface area contributed by atoms with Crippen molar-refractivity contribution in [1.82, 2.24) is 4.98 Å². The van der Waals surface area contributed by atoms with E-state index >= 15 is 0 Å². The number of aryl methyl sites for hydroxylation is 1. The molecule has 1 aliphatic heterocycles. The van der Waals surface area contributed by atoms with E-state index in [1.807, 2.05) is 6.20 Å². The van der Waals surface area contributed by atoms with Crippen LogP contribution in [0.3, 0.4) is 0 Å². The largest absolute Gasteiger partial charge is 0.237 e. The van der Waals surface area contributed by atoms with Crippen molar-refractivity contribution in [1.29, 1.82) is 0 Å². The first-order chi connectivity index (χ1) is 10.5. The van der Waals surface area contributed by atoms with E-state index in [4.69, 9.17) is 0 Å². The first-order valence-corrected chi connectivity index (χ1v) is 8.18.